The number of anilines is 4. The molecule has 4 N–H and O–H groups in total. The summed E-state index contributed by atoms with van der Waals surface area (Å²) in [7, 11) is 0. The average Bonchev–Trinajstić information content (AvgIpc) is 3.32. The Morgan fingerprint density at radius 1 is 0.921 bits per heavy atom. The lowest BCUT2D eigenvalue weighted by molar-refractivity contribution is 0.586. The van der Waals surface area contributed by atoms with Gasteiger partial charge in [-0.15, -0.1) is 0 Å². The molecule has 0 amide bonds. The van der Waals surface area contributed by atoms with Gasteiger partial charge in [-0.25, -0.2) is 13.2 Å². The molecule has 12 heteroatoms. The number of nitrogens with one attached hydrogen (secondary N) is 4. The number of pyridine rings is 2. The monoisotopic (exact) mass is 538 g/mol. The van der Waals surface area contributed by atoms with Gasteiger partial charge in [0.25, 0.3) is 0 Å². The van der Waals surface area contributed by atoms with Gasteiger partial charge >= 0.3 is 0 Å². The Labute approximate surface area is 221 Å². The normalized spacial score (nSPS) is 10.4. The zero-order valence-corrected chi connectivity index (χ0v) is 20.8. The van der Waals surface area contributed by atoms with Crippen LogP contribution in [0.3, 0.4) is 0 Å². The van der Waals surface area contributed by atoms with Crippen molar-refractivity contribution in [3.8, 4) is 0 Å². The number of halogens is 4. The lowest BCUT2D eigenvalue weighted by Crippen LogP contribution is -2.06. The second-order valence-corrected chi connectivity index (χ2v) is 8.35. The molecule has 0 aliphatic heterocycles. The second-order valence-electron chi connectivity index (χ2n) is 7.95. The summed E-state index contributed by atoms with van der Waals surface area (Å²) < 4.78 is 40.3. The summed E-state index contributed by atoms with van der Waals surface area (Å²) in [5.74, 6) is -1.50. The van der Waals surface area contributed by atoms with Gasteiger partial charge < -0.3 is 10.6 Å². The number of rotatable bonds is 7. The fraction of sp³-hybridized carbons (Fsp3) is 0.0769. The summed E-state index contributed by atoms with van der Waals surface area (Å²) in [5.41, 5.74) is 7.01. The van der Waals surface area contributed by atoms with Gasteiger partial charge in [-0.3, -0.25) is 20.5 Å². The third-order valence-corrected chi connectivity index (χ3v) is 5.53. The summed E-state index contributed by atoms with van der Waals surface area (Å²) in [6.07, 6.45) is 3.27. The standard InChI is InChI=1S/C14H15FN4.C12H7ClF2N4/c1-10-5-6-11(15)13(8-10)18-9-14-12(19-16-2)4-3-7-17-14;13-6-4-10(8(15)5-7(6)14)17-12-11-9(18-19-12)2-1-3-16-11/h3-8,18-19H,2,9H2,1H3;1-5H,(H2,17,18,19). The molecule has 38 heavy (non-hydrogen) atoms. The summed E-state index contributed by atoms with van der Waals surface area (Å²) in [4.78, 5) is 8.35. The van der Waals surface area contributed by atoms with Gasteiger partial charge in [0.05, 0.1) is 39.8 Å². The molecule has 0 unspecified atom stereocenters. The van der Waals surface area contributed by atoms with Crippen molar-refractivity contribution in [2.75, 3.05) is 16.1 Å². The first-order valence-electron chi connectivity index (χ1n) is 11.2. The fourth-order valence-corrected chi connectivity index (χ4v) is 3.57. The van der Waals surface area contributed by atoms with E-state index in [1.54, 1.807) is 42.7 Å². The van der Waals surface area contributed by atoms with Crippen LogP contribution in [0.15, 0.2) is 72.1 Å². The molecule has 8 nitrogen and oxygen atoms in total. The molecule has 3 heterocycles. The van der Waals surface area contributed by atoms with Crippen LogP contribution in [0, 0.1) is 24.4 Å². The highest BCUT2D eigenvalue weighted by molar-refractivity contribution is 6.31. The predicted molar refractivity (Wildman–Crippen MR) is 144 cm³/mol. The molecular formula is C26H22ClF3N8. The molecule has 0 aliphatic rings. The van der Waals surface area contributed by atoms with Crippen LogP contribution in [-0.4, -0.2) is 26.9 Å². The van der Waals surface area contributed by atoms with Gasteiger partial charge in [-0.1, -0.05) is 17.7 Å². The second kappa shape index (κ2) is 12.1. The minimum atomic E-state index is -0.810. The molecular weight excluding hydrogens is 517 g/mol. The number of benzene rings is 2. The molecule has 0 saturated carbocycles. The average molecular weight is 539 g/mol. The number of hydrogen-bond acceptors (Lipinski definition) is 7. The minimum absolute atomic E-state index is 0.0328. The summed E-state index contributed by atoms with van der Waals surface area (Å²) in [6.45, 7) is 5.69. The number of hydrogen-bond donors (Lipinski definition) is 4. The van der Waals surface area contributed by atoms with E-state index in [0.717, 1.165) is 23.0 Å². The van der Waals surface area contributed by atoms with E-state index in [1.165, 1.54) is 6.07 Å². The topological polar surface area (TPSA) is 103 Å². The first-order valence-corrected chi connectivity index (χ1v) is 11.6. The number of fused-ring (bicyclic) bond motifs is 1. The zero-order chi connectivity index (χ0) is 27.1. The number of nitrogens with zero attached hydrogens (tertiary/aromatic N) is 4. The van der Waals surface area contributed by atoms with E-state index in [4.69, 9.17) is 11.6 Å². The highest BCUT2D eigenvalue weighted by atomic mass is 35.5. The van der Waals surface area contributed by atoms with Crippen molar-refractivity contribution in [2.24, 2.45) is 5.10 Å². The van der Waals surface area contributed by atoms with E-state index < -0.39 is 11.6 Å². The summed E-state index contributed by atoms with van der Waals surface area (Å²) in [6, 6.07) is 14.0. The van der Waals surface area contributed by atoms with E-state index >= 15 is 0 Å². The molecule has 0 radical (unpaired) electrons. The SMILES string of the molecule is C=NNc1cccnc1CNc1cc(C)ccc1F.Fc1cc(F)c(Nc2n[nH]c3cccnc23)cc1Cl. The Bertz CT molecular complexity index is 1570. The largest absolute Gasteiger partial charge is 0.377 e. The first kappa shape index (κ1) is 26.4. The lowest BCUT2D eigenvalue weighted by atomic mass is 10.2. The molecule has 5 rings (SSSR count). The molecule has 0 spiro atoms. The van der Waals surface area contributed by atoms with Crippen LogP contribution in [0.25, 0.3) is 11.0 Å². The predicted octanol–water partition coefficient (Wildman–Crippen LogP) is 6.80. The van der Waals surface area contributed by atoms with Crippen LogP contribution in [0.2, 0.25) is 5.02 Å². The molecule has 194 valence electrons. The van der Waals surface area contributed by atoms with Crippen LogP contribution in [0.5, 0.6) is 0 Å². The van der Waals surface area contributed by atoms with Crippen molar-refractivity contribution in [1.29, 1.82) is 0 Å². The number of aromatic nitrogens is 4. The van der Waals surface area contributed by atoms with Gasteiger partial charge in [0.1, 0.15) is 23.0 Å². The number of aryl methyl sites for hydroxylation is 1. The van der Waals surface area contributed by atoms with E-state index in [-0.39, 0.29) is 16.5 Å². The van der Waals surface area contributed by atoms with Crippen molar-refractivity contribution in [3.05, 3.63) is 101 Å². The number of H-pyrrole nitrogens is 1. The Hall–Kier alpha value is -4.64. The van der Waals surface area contributed by atoms with Crippen molar-refractivity contribution >= 4 is 52.2 Å². The highest BCUT2D eigenvalue weighted by Gasteiger charge is 2.12. The van der Waals surface area contributed by atoms with Gasteiger partial charge in [-0.2, -0.15) is 10.2 Å². The van der Waals surface area contributed by atoms with Crippen LogP contribution in [-0.2, 0) is 6.54 Å². The maximum Gasteiger partial charge on any atom is 0.178 e. The third-order valence-electron chi connectivity index (χ3n) is 5.24. The Kier molecular flexibility index (Phi) is 8.39. The van der Waals surface area contributed by atoms with Crippen LogP contribution < -0.4 is 16.1 Å². The van der Waals surface area contributed by atoms with Crippen molar-refractivity contribution in [1.82, 2.24) is 20.2 Å². The zero-order valence-electron chi connectivity index (χ0n) is 20.1. The Balaban J connectivity index is 0.000000177. The maximum atomic E-state index is 13.6. The maximum absolute atomic E-state index is 13.6. The van der Waals surface area contributed by atoms with Crippen molar-refractivity contribution < 1.29 is 13.2 Å². The fourth-order valence-electron chi connectivity index (χ4n) is 3.41. The molecule has 2 aromatic carbocycles. The Morgan fingerprint density at radius 2 is 1.71 bits per heavy atom. The summed E-state index contributed by atoms with van der Waals surface area (Å²) >= 11 is 5.62. The lowest BCUT2D eigenvalue weighted by Gasteiger charge is -2.10. The molecule has 0 aliphatic carbocycles. The van der Waals surface area contributed by atoms with Gasteiger partial charge in [0.15, 0.2) is 5.82 Å². The van der Waals surface area contributed by atoms with Gasteiger partial charge in [-0.05, 0) is 55.0 Å². The molecule has 3 aromatic heterocycles. The molecule has 5 aromatic rings. The quantitative estimate of drug-likeness (QED) is 0.103. The van der Waals surface area contributed by atoms with Crippen LogP contribution in [0.4, 0.5) is 36.1 Å². The molecule has 0 saturated heterocycles. The highest BCUT2D eigenvalue weighted by Crippen LogP contribution is 2.27. The van der Waals surface area contributed by atoms with Crippen molar-refractivity contribution in [2.45, 2.75) is 13.5 Å². The Morgan fingerprint density at radius 3 is 2.53 bits per heavy atom. The van der Waals surface area contributed by atoms with E-state index in [0.29, 0.717) is 35.1 Å². The number of aromatic amines is 1. The third kappa shape index (κ3) is 6.37. The molecule has 0 fully saturated rings. The van der Waals surface area contributed by atoms with Crippen molar-refractivity contribution in [3.63, 3.8) is 0 Å². The number of hydrazone groups is 1. The minimum Gasteiger partial charge on any atom is -0.377 e. The van der Waals surface area contributed by atoms with Gasteiger partial charge in [0.2, 0.25) is 0 Å². The van der Waals surface area contributed by atoms with Gasteiger partial charge in [0, 0.05) is 25.2 Å². The van der Waals surface area contributed by atoms with Crippen LogP contribution >= 0.6 is 11.6 Å². The first-order chi connectivity index (χ1) is 18.4. The smallest absolute Gasteiger partial charge is 0.178 e. The molecule has 0 bridgehead atoms. The summed E-state index contributed by atoms with van der Waals surface area (Å²) in [5, 5.41) is 15.9. The van der Waals surface area contributed by atoms with E-state index in [2.05, 4.69) is 48.0 Å². The van der Waals surface area contributed by atoms with E-state index in [9.17, 15) is 13.2 Å². The van der Waals surface area contributed by atoms with E-state index in [1.807, 2.05) is 13.0 Å². The van der Waals surface area contributed by atoms with Crippen LogP contribution in [0.1, 0.15) is 11.3 Å². The molecule has 0 atom stereocenters.